The zero-order valence-electron chi connectivity index (χ0n) is 12.6. The van der Waals surface area contributed by atoms with Crippen LogP contribution in [0.25, 0.3) is 0 Å². The summed E-state index contributed by atoms with van der Waals surface area (Å²) in [5.41, 5.74) is 2.69. The van der Waals surface area contributed by atoms with Crippen molar-refractivity contribution >= 4 is 29.4 Å². The number of hydrogen-bond donors (Lipinski definition) is 2. The summed E-state index contributed by atoms with van der Waals surface area (Å²) in [4.78, 5) is 12.2. The van der Waals surface area contributed by atoms with Crippen molar-refractivity contribution in [3.8, 4) is 0 Å². The van der Waals surface area contributed by atoms with Crippen LogP contribution in [-0.4, -0.2) is 29.1 Å². The Bertz CT molecular complexity index is 640. The molecule has 23 heavy (non-hydrogen) atoms. The predicted molar refractivity (Wildman–Crippen MR) is 97.8 cm³/mol. The first kappa shape index (κ1) is 16.4. The fraction of sp³-hybridized carbons (Fsp3) is 0.278. The second-order valence-electron chi connectivity index (χ2n) is 5.33. The van der Waals surface area contributed by atoms with E-state index >= 15 is 0 Å². The Morgan fingerprint density at radius 1 is 1.09 bits per heavy atom. The Morgan fingerprint density at radius 3 is 2.39 bits per heavy atom. The molecule has 0 aliphatic carbocycles. The molecular formula is C18H19NO2S2. The number of nitrogens with one attached hydrogen (secondary N) is 1. The molecule has 3 nitrogen and oxygen atoms in total. The number of thioether (sulfide) groups is 2. The standard InChI is InChI=1S/C18H19NO2S2/c20-16(13-4-2-1-3-5-13)12-19-17(21)14-6-8-15(9-7-14)18-22-10-11-23-18/h1-9,16,18,20H,10-12H2,(H,19,21)/t16-/m1/s1. The molecule has 0 aromatic heterocycles. The van der Waals surface area contributed by atoms with Gasteiger partial charge in [0.2, 0.25) is 0 Å². The lowest BCUT2D eigenvalue weighted by Gasteiger charge is -2.13. The smallest absolute Gasteiger partial charge is 0.251 e. The number of benzene rings is 2. The fourth-order valence-electron chi connectivity index (χ4n) is 2.43. The van der Waals surface area contributed by atoms with Crippen molar-refractivity contribution in [1.29, 1.82) is 0 Å². The monoisotopic (exact) mass is 345 g/mol. The lowest BCUT2D eigenvalue weighted by atomic mass is 10.1. The minimum atomic E-state index is -0.689. The topological polar surface area (TPSA) is 49.3 Å². The van der Waals surface area contributed by atoms with E-state index in [1.54, 1.807) is 0 Å². The van der Waals surface area contributed by atoms with Crippen LogP contribution in [0.3, 0.4) is 0 Å². The number of amides is 1. The van der Waals surface area contributed by atoms with E-state index in [4.69, 9.17) is 0 Å². The Labute approximate surface area is 144 Å². The van der Waals surface area contributed by atoms with Gasteiger partial charge in [0.1, 0.15) is 0 Å². The van der Waals surface area contributed by atoms with Crippen molar-refractivity contribution in [2.45, 2.75) is 10.7 Å². The maximum absolute atomic E-state index is 12.2. The van der Waals surface area contributed by atoms with Gasteiger partial charge in [0.15, 0.2) is 0 Å². The van der Waals surface area contributed by atoms with Gasteiger partial charge in [-0.15, -0.1) is 23.5 Å². The van der Waals surface area contributed by atoms with E-state index in [0.717, 1.165) is 5.56 Å². The summed E-state index contributed by atoms with van der Waals surface area (Å²) in [6, 6.07) is 17.1. The SMILES string of the molecule is O=C(NC[C@@H](O)c1ccccc1)c1ccc(C2SCCS2)cc1. The van der Waals surface area contributed by atoms with Gasteiger partial charge in [-0.1, -0.05) is 42.5 Å². The van der Waals surface area contributed by atoms with E-state index in [2.05, 4.69) is 5.32 Å². The molecule has 2 aromatic carbocycles. The van der Waals surface area contributed by atoms with E-state index in [-0.39, 0.29) is 12.5 Å². The Balaban J connectivity index is 1.55. The summed E-state index contributed by atoms with van der Waals surface area (Å²) in [7, 11) is 0. The molecule has 2 N–H and O–H groups in total. The second kappa shape index (κ2) is 7.90. The van der Waals surface area contributed by atoms with Crippen LogP contribution in [0, 0.1) is 0 Å². The molecule has 0 bridgehead atoms. The quantitative estimate of drug-likeness (QED) is 0.869. The third-order valence-corrected chi connectivity index (χ3v) is 6.81. The average molecular weight is 345 g/mol. The van der Waals surface area contributed by atoms with Gasteiger partial charge in [-0.2, -0.15) is 0 Å². The highest BCUT2D eigenvalue weighted by Gasteiger charge is 2.18. The van der Waals surface area contributed by atoms with Crippen LogP contribution in [0.15, 0.2) is 54.6 Å². The number of aliphatic hydroxyl groups excluding tert-OH is 1. The first-order chi connectivity index (χ1) is 11.2. The zero-order valence-corrected chi connectivity index (χ0v) is 14.3. The lowest BCUT2D eigenvalue weighted by Crippen LogP contribution is -2.28. The van der Waals surface area contributed by atoms with Crippen molar-refractivity contribution in [2.75, 3.05) is 18.1 Å². The van der Waals surface area contributed by atoms with Crippen LogP contribution >= 0.6 is 23.5 Å². The van der Waals surface area contributed by atoms with Crippen molar-refractivity contribution in [3.05, 3.63) is 71.3 Å². The molecule has 5 heteroatoms. The lowest BCUT2D eigenvalue weighted by molar-refractivity contribution is 0.0916. The third-order valence-electron chi connectivity index (χ3n) is 3.71. The molecule has 120 valence electrons. The number of carbonyl (C=O) groups is 1. The molecule has 0 radical (unpaired) electrons. The molecule has 1 amide bonds. The summed E-state index contributed by atoms with van der Waals surface area (Å²) >= 11 is 3.90. The highest BCUT2D eigenvalue weighted by atomic mass is 32.2. The number of carbonyl (C=O) groups excluding carboxylic acids is 1. The van der Waals surface area contributed by atoms with E-state index in [1.807, 2.05) is 78.1 Å². The Hall–Kier alpha value is -1.43. The van der Waals surface area contributed by atoms with Gasteiger partial charge in [0.25, 0.3) is 5.91 Å². The van der Waals surface area contributed by atoms with Crippen molar-refractivity contribution in [1.82, 2.24) is 5.32 Å². The summed E-state index contributed by atoms with van der Waals surface area (Å²) in [5, 5.41) is 12.9. The molecule has 1 heterocycles. The van der Waals surface area contributed by atoms with Crippen molar-refractivity contribution in [3.63, 3.8) is 0 Å². The average Bonchev–Trinajstić information content (AvgIpc) is 3.15. The highest BCUT2D eigenvalue weighted by molar-refractivity contribution is 8.19. The molecule has 0 saturated carbocycles. The van der Waals surface area contributed by atoms with Gasteiger partial charge in [0.05, 0.1) is 10.7 Å². The van der Waals surface area contributed by atoms with Gasteiger partial charge >= 0.3 is 0 Å². The van der Waals surface area contributed by atoms with Crippen LogP contribution in [0.5, 0.6) is 0 Å². The first-order valence-electron chi connectivity index (χ1n) is 7.58. The molecule has 2 aromatic rings. The largest absolute Gasteiger partial charge is 0.387 e. The van der Waals surface area contributed by atoms with Gasteiger partial charge in [-0.05, 0) is 23.3 Å². The number of aliphatic hydroxyl groups is 1. The molecule has 1 fully saturated rings. The fourth-order valence-corrected chi connectivity index (χ4v) is 5.29. The van der Waals surface area contributed by atoms with Crippen LogP contribution in [-0.2, 0) is 0 Å². The first-order valence-corrected chi connectivity index (χ1v) is 9.68. The van der Waals surface area contributed by atoms with E-state index in [9.17, 15) is 9.90 Å². The third kappa shape index (κ3) is 4.31. The molecular weight excluding hydrogens is 326 g/mol. The molecule has 1 saturated heterocycles. The van der Waals surface area contributed by atoms with E-state index in [0.29, 0.717) is 10.1 Å². The van der Waals surface area contributed by atoms with Gasteiger partial charge in [0, 0.05) is 23.6 Å². The van der Waals surface area contributed by atoms with Gasteiger partial charge in [-0.3, -0.25) is 4.79 Å². The zero-order chi connectivity index (χ0) is 16.1. The van der Waals surface area contributed by atoms with Gasteiger partial charge < -0.3 is 10.4 Å². The summed E-state index contributed by atoms with van der Waals surface area (Å²) in [6.45, 7) is 0.207. The Morgan fingerprint density at radius 2 is 1.74 bits per heavy atom. The van der Waals surface area contributed by atoms with Crippen molar-refractivity contribution < 1.29 is 9.90 Å². The molecule has 1 atom stereocenters. The molecule has 0 unspecified atom stereocenters. The summed E-state index contributed by atoms with van der Waals surface area (Å²) in [6.07, 6.45) is -0.689. The van der Waals surface area contributed by atoms with E-state index in [1.165, 1.54) is 17.1 Å². The molecule has 1 aliphatic rings. The minimum Gasteiger partial charge on any atom is -0.387 e. The Kier molecular flexibility index (Phi) is 5.65. The summed E-state index contributed by atoms with van der Waals surface area (Å²) in [5.74, 6) is 2.22. The molecule has 1 aliphatic heterocycles. The second-order valence-corrected chi connectivity index (χ2v) is 8.06. The normalized spacial score (nSPS) is 16.2. The van der Waals surface area contributed by atoms with Gasteiger partial charge in [-0.25, -0.2) is 0 Å². The van der Waals surface area contributed by atoms with Crippen LogP contribution < -0.4 is 5.32 Å². The highest BCUT2D eigenvalue weighted by Crippen LogP contribution is 2.45. The van der Waals surface area contributed by atoms with Crippen molar-refractivity contribution in [2.24, 2.45) is 0 Å². The minimum absolute atomic E-state index is 0.154. The number of hydrogen-bond acceptors (Lipinski definition) is 4. The number of rotatable bonds is 5. The van der Waals surface area contributed by atoms with Crippen LogP contribution in [0.1, 0.15) is 32.2 Å². The predicted octanol–water partition coefficient (Wildman–Crippen LogP) is 3.63. The van der Waals surface area contributed by atoms with E-state index < -0.39 is 6.10 Å². The maximum atomic E-state index is 12.2. The maximum Gasteiger partial charge on any atom is 0.251 e. The molecule has 3 rings (SSSR count). The van der Waals surface area contributed by atoms with Crippen LogP contribution in [0.2, 0.25) is 0 Å². The van der Waals surface area contributed by atoms with Crippen LogP contribution in [0.4, 0.5) is 0 Å². The molecule has 0 spiro atoms. The summed E-state index contributed by atoms with van der Waals surface area (Å²) < 4.78 is 0.493.